The fraction of sp³-hybridized carbons (Fsp3) is 0.0769. The molecule has 0 N–H and O–H groups in total. The molecule has 0 amide bonds. The third-order valence-electron chi connectivity index (χ3n) is 5.30. The maximum Gasteiger partial charge on any atom is 0.140 e. The van der Waals surface area contributed by atoms with Gasteiger partial charge in [-0.15, -0.1) is 0 Å². The molecule has 0 fully saturated rings. The lowest BCUT2D eigenvalue weighted by Gasteiger charge is -2.10. The van der Waals surface area contributed by atoms with Crippen molar-refractivity contribution in [1.29, 1.82) is 0 Å². The van der Waals surface area contributed by atoms with E-state index in [1.807, 2.05) is 97.8 Å². The van der Waals surface area contributed by atoms with Gasteiger partial charge in [-0.25, -0.2) is 9.97 Å². The molecule has 0 spiro atoms. The van der Waals surface area contributed by atoms with Gasteiger partial charge < -0.3 is 13.9 Å². The van der Waals surface area contributed by atoms with E-state index < -0.39 is 0 Å². The van der Waals surface area contributed by atoms with Crippen molar-refractivity contribution in [3.05, 3.63) is 97.5 Å². The first-order chi connectivity index (χ1) is 15.2. The summed E-state index contributed by atoms with van der Waals surface area (Å²) >= 11 is 0. The Labute approximate surface area is 181 Å². The molecule has 0 aliphatic carbocycles. The smallest absolute Gasteiger partial charge is 0.140 e. The van der Waals surface area contributed by atoms with Gasteiger partial charge in [-0.1, -0.05) is 54.6 Å². The van der Waals surface area contributed by atoms with Crippen molar-refractivity contribution in [1.82, 2.24) is 19.1 Å². The van der Waals surface area contributed by atoms with Crippen LogP contribution in [0.5, 0.6) is 11.5 Å². The summed E-state index contributed by atoms with van der Waals surface area (Å²) in [6, 6.07) is 26.3. The Morgan fingerprint density at radius 3 is 1.97 bits per heavy atom. The Bertz CT molecular complexity index is 1330. The maximum absolute atomic E-state index is 6.18. The number of rotatable bonds is 5. The molecular formula is C26H22N4O. The largest absolute Gasteiger partial charge is 0.457 e. The molecular weight excluding hydrogens is 384 g/mol. The van der Waals surface area contributed by atoms with Crippen LogP contribution < -0.4 is 4.74 Å². The number of hydrogen-bond acceptors (Lipinski definition) is 3. The van der Waals surface area contributed by atoms with Crippen molar-refractivity contribution in [2.45, 2.75) is 0 Å². The first-order valence-electron chi connectivity index (χ1n) is 10.1. The van der Waals surface area contributed by atoms with E-state index in [0.29, 0.717) is 0 Å². The van der Waals surface area contributed by atoms with Crippen molar-refractivity contribution in [3.8, 4) is 45.5 Å². The second-order valence-corrected chi connectivity index (χ2v) is 7.41. The molecule has 0 aliphatic heterocycles. The Balaban J connectivity index is 1.43. The van der Waals surface area contributed by atoms with Crippen molar-refractivity contribution < 1.29 is 4.74 Å². The van der Waals surface area contributed by atoms with Gasteiger partial charge in [0.15, 0.2) is 0 Å². The SMILES string of the molecule is Cn1ccnc1-c1cccc(Oc2cccc(-c3ncc(-c4ccccc4)n3C)c2)c1. The highest BCUT2D eigenvalue weighted by Crippen LogP contribution is 2.30. The average Bonchev–Trinajstić information content (AvgIpc) is 3.40. The summed E-state index contributed by atoms with van der Waals surface area (Å²) in [5, 5.41) is 0. The minimum atomic E-state index is 0.763. The van der Waals surface area contributed by atoms with E-state index in [-0.39, 0.29) is 0 Å². The van der Waals surface area contributed by atoms with Crippen molar-refractivity contribution in [2.24, 2.45) is 14.1 Å². The quantitative estimate of drug-likeness (QED) is 0.362. The van der Waals surface area contributed by atoms with Crippen LogP contribution in [0.2, 0.25) is 0 Å². The van der Waals surface area contributed by atoms with Gasteiger partial charge in [0.2, 0.25) is 0 Å². The van der Waals surface area contributed by atoms with Crippen molar-refractivity contribution in [3.63, 3.8) is 0 Å². The van der Waals surface area contributed by atoms with Gasteiger partial charge in [0.05, 0.1) is 11.9 Å². The van der Waals surface area contributed by atoms with E-state index in [2.05, 4.69) is 26.7 Å². The molecule has 2 heterocycles. The van der Waals surface area contributed by atoms with Crippen LogP contribution in [0.3, 0.4) is 0 Å². The first-order valence-corrected chi connectivity index (χ1v) is 10.1. The molecule has 5 aromatic rings. The number of aryl methyl sites for hydroxylation is 1. The highest BCUT2D eigenvalue weighted by atomic mass is 16.5. The molecule has 3 aromatic carbocycles. The number of hydrogen-bond donors (Lipinski definition) is 0. The number of benzene rings is 3. The summed E-state index contributed by atoms with van der Waals surface area (Å²) in [5.74, 6) is 3.33. The summed E-state index contributed by atoms with van der Waals surface area (Å²) in [5.41, 5.74) is 4.23. The third-order valence-corrected chi connectivity index (χ3v) is 5.30. The average molecular weight is 406 g/mol. The van der Waals surface area contributed by atoms with Crippen LogP contribution in [-0.2, 0) is 14.1 Å². The predicted octanol–water partition coefficient (Wildman–Crippen LogP) is 5.95. The Morgan fingerprint density at radius 1 is 0.677 bits per heavy atom. The van der Waals surface area contributed by atoms with E-state index >= 15 is 0 Å². The van der Waals surface area contributed by atoms with Gasteiger partial charge in [0, 0.05) is 37.6 Å². The lowest BCUT2D eigenvalue weighted by atomic mass is 10.1. The molecule has 5 nitrogen and oxygen atoms in total. The molecule has 0 atom stereocenters. The molecule has 5 heteroatoms. The van der Waals surface area contributed by atoms with E-state index in [1.165, 1.54) is 0 Å². The standard InChI is InChI=1S/C26H22N4O/c1-29-15-14-27-25(29)20-10-6-12-22(16-20)31-23-13-7-11-21(17-23)26-28-18-24(30(26)2)19-8-4-3-5-9-19/h3-18H,1-2H3. The van der Waals surface area contributed by atoms with E-state index in [1.54, 1.807) is 6.20 Å². The molecule has 0 unspecified atom stereocenters. The molecule has 0 bridgehead atoms. The topological polar surface area (TPSA) is 44.9 Å². The van der Waals surface area contributed by atoms with Crippen molar-refractivity contribution in [2.75, 3.05) is 0 Å². The van der Waals surface area contributed by atoms with Crippen LogP contribution in [-0.4, -0.2) is 19.1 Å². The summed E-state index contributed by atoms with van der Waals surface area (Å²) in [7, 11) is 4.02. The summed E-state index contributed by atoms with van der Waals surface area (Å²) in [6.45, 7) is 0. The van der Waals surface area contributed by atoms with Gasteiger partial charge in [0.25, 0.3) is 0 Å². The zero-order valence-corrected chi connectivity index (χ0v) is 17.4. The van der Waals surface area contributed by atoms with Crippen LogP contribution in [0.25, 0.3) is 34.0 Å². The first kappa shape index (κ1) is 18.9. The molecule has 0 saturated carbocycles. The Kier molecular flexibility index (Phi) is 4.84. The zero-order valence-electron chi connectivity index (χ0n) is 17.4. The molecule has 152 valence electrons. The molecule has 31 heavy (non-hydrogen) atoms. The zero-order chi connectivity index (χ0) is 21.2. The number of nitrogens with zero attached hydrogens (tertiary/aromatic N) is 4. The molecule has 0 aliphatic rings. The van der Waals surface area contributed by atoms with E-state index in [0.717, 1.165) is 45.5 Å². The molecule has 0 radical (unpaired) electrons. The fourth-order valence-electron chi connectivity index (χ4n) is 3.73. The van der Waals surface area contributed by atoms with Crippen LogP contribution >= 0.6 is 0 Å². The minimum absolute atomic E-state index is 0.763. The van der Waals surface area contributed by atoms with Crippen LogP contribution in [0.1, 0.15) is 0 Å². The predicted molar refractivity (Wildman–Crippen MR) is 123 cm³/mol. The lowest BCUT2D eigenvalue weighted by molar-refractivity contribution is 0.483. The van der Waals surface area contributed by atoms with Gasteiger partial charge in [0.1, 0.15) is 23.1 Å². The van der Waals surface area contributed by atoms with E-state index in [4.69, 9.17) is 4.74 Å². The Morgan fingerprint density at radius 2 is 1.32 bits per heavy atom. The number of aromatic nitrogens is 4. The van der Waals surface area contributed by atoms with E-state index in [9.17, 15) is 0 Å². The molecule has 5 rings (SSSR count). The maximum atomic E-state index is 6.18. The van der Waals surface area contributed by atoms with Gasteiger partial charge >= 0.3 is 0 Å². The summed E-state index contributed by atoms with van der Waals surface area (Å²) < 4.78 is 10.3. The minimum Gasteiger partial charge on any atom is -0.457 e. The fourth-order valence-corrected chi connectivity index (χ4v) is 3.73. The van der Waals surface area contributed by atoms with Gasteiger partial charge in [-0.3, -0.25) is 0 Å². The highest BCUT2D eigenvalue weighted by Gasteiger charge is 2.12. The van der Waals surface area contributed by atoms with Crippen LogP contribution in [0, 0.1) is 0 Å². The van der Waals surface area contributed by atoms with Crippen LogP contribution in [0.4, 0.5) is 0 Å². The van der Waals surface area contributed by atoms with Gasteiger partial charge in [-0.05, 0) is 29.8 Å². The summed E-state index contributed by atoms with van der Waals surface area (Å²) in [4.78, 5) is 9.09. The Hall–Kier alpha value is -4.12. The molecule has 2 aromatic heterocycles. The lowest BCUT2D eigenvalue weighted by Crippen LogP contribution is -1.96. The second kappa shape index (κ2) is 7.95. The third kappa shape index (κ3) is 3.73. The van der Waals surface area contributed by atoms with Crippen molar-refractivity contribution >= 4 is 0 Å². The second-order valence-electron chi connectivity index (χ2n) is 7.41. The normalized spacial score (nSPS) is 10.9. The van der Waals surface area contributed by atoms with Gasteiger partial charge in [-0.2, -0.15) is 0 Å². The summed E-state index contributed by atoms with van der Waals surface area (Å²) in [6.07, 6.45) is 5.64. The van der Waals surface area contributed by atoms with Crippen LogP contribution in [0.15, 0.2) is 97.5 Å². The number of imidazole rings is 2. The molecule has 0 saturated heterocycles. The highest BCUT2D eigenvalue weighted by molar-refractivity contribution is 5.66. The number of ether oxygens (including phenoxy) is 1. The monoisotopic (exact) mass is 406 g/mol.